The Morgan fingerprint density at radius 2 is 2.12 bits per heavy atom. The number of aryl methyl sites for hydroxylation is 1. The van der Waals surface area contributed by atoms with Gasteiger partial charge < -0.3 is 25.6 Å². The van der Waals surface area contributed by atoms with E-state index in [2.05, 4.69) is 10.3 Å². The van der Waals surface area contributed by atoms with Gasteiger partial charge in [0.05, 0.1) is 18.3 Å². The van der Waals surface area contributed by atoms with Crippen LogP contribution in [0.4, 0.5) is 0 Å². The minimum Gasteiger partial charge on any atom is -0.394 e. The van der Waals surface area contributed by atoms with Crippen molar-refractivity contribution in [3.05, 3.63) is 30.7 Å². The third-order valence-electron chi connectivity index (χ3n) is 4.87. The van der Waals surface area contributed by atoms with Crippen LogP contribution >= 0.6 is 0 Å². The van der Waals surface area contributed by atoms with E-state index in [9.17, 15) is 9.59 Å². The summed E-state index contributed by atoms with van der Waals surface area (Å²) in [6, 6.07) is 3.09. The number of nitrogens with one attached hydrogen (secondary N) is 1. The summed E-state index contributed by atoms with van der Waals surface area (Å²) < 4.78 is 2.05. The molecule has 1 atom stereocenters. The van der Waals surface area contributed by atoms with Crippen molar-refractivity contribution in [2.45, 2.75) is 37.9 Å². The van der Waals surface area contributed by atoms with Crippen molar-refractivity contribution >= 4 is 22.7 Å². The van der Waals surface area contributed by atoms with Gasteiger partial charge in [0.2, 0.25) is 11.8 Å². The predicted molar refractivity (Wildman–Crippen MR) is 97.2 cm³/mol. The van der Waals surface area contributed by atoms with Gasteiger partial charge >= 0.3 is 0 Å². The summed E-state index contributed by atoms with van der Waals surface area (Å²) in [5, 5.41) is 12.9. The smallest absolute Gasteiger partial charge is 0.239 e. The van der Waals surface area contributed by atoms with Gasteiger partial charge in [0.15, 0.2) is 0 Å². The van der Waals surface area contributed by atoms with Gasteiger partial charge in [-0.15, -0.1) is 0 Å². The molecule has 140 valence electrons. The van der Waals surface area contributed by atoms with Crippen LogP contribution in [0.2, 0.25) is 0 Å². The number of carbonyl (C=O) groups is 2. The molecular formula is C18H25N5O3. The number of nitrogens with two attached hydrogens (primary N) is 1. The molecule has 2 aromatic rings. The fourth-order valence-corrected chi connectivity index (χ4v) is 3.26. The highest BCUT2D eigenvalue weighted by Gasteiger charge is 2.25. The van der Waals surface area contributed by atoms with Crippen LogP contribution in [0.1, 0.15) is 19.3 Å². The lowest BCUT2D eigenvalue weighted by molar-refractivity contribution is -0.132. The number of aliphatic hydroxyl groups is 1. The third kappa shape index (κ3) is 4.20. The summed E-state index contributed by atoms with van der Waals surface area (Å²) >= 11 is 0. The number of carbonyl (C=O) groups excluding carboxylic acids is 2. The SMILES string of the molecule is NC(CO)C(=O)NC1CCN(C(=O)CCn2ccc3ccncc32)CC1. The van der Waals surface area contributed by atoms with E-state index in [1.54, 1.807) is 6.20 Å². The standard InChI is InChI=1S/C18H25N5O3/c19-15(12-24)18(26)21-14-3-8-23(9-4-14)17(25)5-10-22-7-2-13-1-6-20-11-16(13)22/h1-2,6-7,11,14-15,24H,3-5,8-10,12,19H2,(H,21,26). The number of rotatable bonds is 6. The number of piperidine rings is 1. The first kappa shape index (κ1) is 18.3. The Kier molecular flexibility index (Phi) is 5.85. The van der Waals surface area contributed by atoms with Crippen LogP contribution in [0.3, 0.4) is 0 Å². The molecule has 2 aromatic heterocycles. The molecule has 0 aromatic carbocycles. The molecule has 26 heavy (non-hydrogen) atoms. The molecule has 8 nitrogen and oxygen atoms in total. The zero-order valence-electron chi connectivity index (χ0n) is 14.7. The average molecular weight is 359 g/mol. The van der Waals surface area contributed by atoms with Crippen molar-refractivity contribution in [1.29, 1.82) is 0 Å². The Hall–Kier alpha value is -2.45. The van der Waals surface area contributed by atoms with Crippen LogP contribution in [0.5, 0.6) is 0 Å². The minimum absolute atomic E-state index is 0.00335. The van der Waals surface area contributed by atoms with E-state index >= 15 is 0 Å². The second-order valence-electron chi connectivity index (χ2n) is 6.65. The Labute approximate surface area is 152 Å². The van der Waals surface area contributed by atoms with Gasteiger partial charge in [-0.3, -0.25) is 14.6 Å². The first-order valence-electron chi connectivity index (χ1n) is 8.92. The van der Waals surface area contributed by atoms with Crippen LogP contribution in [-0.4, -0.2) is 63.2 Å². The van der Waals surface area contributed by atoms with Gasteiger partial charge in [-0.05, 0) is 25.0 Å². The van der Waals surface area contributed by atoms with Gasteiger partial charge in [-0.25, -0.2) is 0 Å². The summed E-state index contributed by atoms with van der Waals surface area (Å²) in [4.78, 5) is 30.2. The molecule has 0 spiro atoms. The van der Waals surface area contributed by atoms with Gasteiger partial charge in [0.25, 0.3) is 0 Å². The molecule has 1 unspecified atom stereocenters. The van der Waals surface area contributed by atoms with Crippen molar-refractivity contribution in [2.75, 3.05) is 19.7 Å². The average Bonchev–Trinajstić information content (AvgIpc) is 3.09. The Morgan fingerprint density at radius 3 is 2.85 bits per heavy atom. The highest BCUT2D eigenvalue weighted by molar-refractivity contribution is 5.82. The number of hydrogen-bond donors (Lipinski definition) is 3. The number of aromatic nitrogens is 2. The number of likely N-dealkylation sites (tertiary alicyclic amines) is 1. The molecule has 0 bridgehead atoms. The zero-order chi connectivity index (χ0) is 18.5. The van der Waals surface area contributed by atoms with E-state index in [0.717, 1.165) is 10.9 Å². The van der Waals surface area contributed by atoms with E-state index < -0.39 is 6.04 Å². The van der Waals surface area contributed by atoms with Crippen LogP contribution in [0.15, 0.2) is 30.7 Å². The van der Waals surface area contributed by atoms with Crippen molar-refractivity contribution in [3.63, 3.8) is 0 Å². The van der Waals surface area contributed by atoms with Gasteiger partial charge in [0.1, 0.15) is 6.04 Å². The van der Waals surface area contributed by atoms with E-state index in [4.69, 9.17) is 10.8 Å². The summed E-state index contributed by atoms with van der Waals surface area (Å²) in [7, 11) is 0. The maximum Gasteiger partial charge on any atom is 0.239 e. The molecule has 8 heteroatoms. The van der Waals surface area contributed by atoms with Crippen molar-refractivity contribution in [3.8, 4) is 0 Å². The zero-order valence-corrected chi connectivity index (χ0v) is 14.7. The lowest BCUT2D eigenvalue weighted by Crippen LogP contribution is -2.51. The van der Waals surface area contributed by atoms with Gasteiger partial charge in [-0.1, -0.05) is 0 Å². The van der Waals surface area contributed by atoms with E-state index in [-0.39, 0.29) is 24.5 Å². The van der Waals surface area contributed by atoms with Crippen molar-refractivity contribution in [1.82, 2.24) is 19.8 Å². The van der Waals surface area contributed by atoms with Gasteiger partial charge in [-0.2, -0.15) is 0 Å². The predicted octanol–water partition coefficient (Wildman–Crippen LogP) is -0.147. The number of fused-ring (bicyclic) bond motifs is 1. The number of pyridine rings is 1. The summed E-state index contributed by atoms with van der Waals surface area (Å²) in [6.07, 6.45) is 7.38. The lowest BCUT2D eigenvalue weighted by atomic mass is 10.0. The van der Waals surface area contributed by atoms with Crippen molar-refractivity contribution < 1.29 is 14.7 Å². The third-order valence-corrected chi connectivity index (χ3v) is 4.87. The van der Waals surface area contributed by atoms with Crippen LogP contribution < -0.4 is 11.1 Å². The van der Waals surface area contributed by atoms with Crippen LogP contribution in [0.25, 0.3) is 10.9 Å². The molecule has 0 aliphatic carbocycles. The van der Waals surface area contributed by atoms with Crippen LogP contribution in [0, 0.1) is 0 Å². The maximum absolute atomic E-state index is 12.5. The first-order chi connectivity index (χ1) is 12.6. The van der Waals surface area contributed by atoms with E-state index in [1.165, 1.54) is 0 Å². The molecule has 3 heterocycles. The highest BCUT2D eigenvalue weighted by atomic mass is 16.3. The Bertz CT molecular complexity index is 767. The lowest BCUT2D eigenvalue weighted by Gasteiger charge is -2.33. The highest BCUT2D eigenvalue weighted by Crippen LogP contribution is 2.16. The maximum atomic E-state index is 12.5. The normalized spacial score (nSPS) is 16.6. The van der Waals surface area contributed by atoms with Crippen LogP contribution in [-0.2, 0) is 16.1 Å². The number of nitrogens with zero attached hydrogens (tertiary/aromatic N) is 3. The molecule has 1 fully saturated rings. The molecule has 1 aliphatic heterocycles. The largest absolute Gasteiger partial charge is 0.394 e. The number of aliphatic hydroxyl groups excluding tert-OH is 1. The molecule has 0 radical (unpaired) electrons. The molecular weight excluding hydrogens is 334 g/mol. The number of hydrogen-bond acceptors (Lipinski definition) is 5. The minimum atomic E-state index is -0.888. The van der Waals surface area contributed by atoms with Crippen molar-refractivity contribution in [2.24, 2.45) is 5.73 Å². The molecule has 0 saturated carbocycles. The Balaban J connectivity index is 1.46. The second-order valence-corrected chi connectivity index (χ2v) is 6.65. The summed E-state index contributed by atoms with van der Waals surface area (Å²) in [5.74, 6) is -0.224. The topological polar surface area (TPSA) is 113 Å². The monoisotopic (exact) mass is 359 g/mol. The molecule has 4 N–H and O–H groups in total. The fraction of sp³-hybridized carbons (Fsp3) is 0.500. The molecule has 1 saturated heterocycles. The second kappa shape index (κ2) is 8.29. The Morgan fingerprint density at radius 1 is 1.35 bits per heavy atom. The molecule has 3 rings (SSSR count). The van der Waals surface area contributed by atoms with E-state index in [0.29, 0.717) is 38.9 Å². The van der Waals surface area contributed by atoms with Gasteiger partial charge in [0, 0.05) is 49.9 Å². The number of amides is 2. The molecule has 1 aliphatic rings. The quantitative estimate of drug-likeness (QED) is 0.664. The van der Waals surface area contributed by atoms with E-state index in [1.807, 2.05) is 34.0 Å². The molecule has 2 amide bonds. The summed E-state index contributed by atoms with van der Waals surface area (Å²) in [6.45, 7) is 1.49. The first-order valence-corrected chi connectivity index (χ1v) is 8.92. The fourth-order valence-electron chi connectivity index (χ4n) is 3.26. The summed E-state index contributed by atoms with van der Waals surface area (Å²) in [5.41, 5.74) is 6.53.